The minimum Gasteiger partial charge on any atom is -0.396 e. The number of nitrogen functional groups attached to an aromatic ring is 1. The van der Waals surface area contributed by atoms with E-state index in [1.165, 1.54) is 24.6 Å². The number of halogens is 1. The van der Waals surface area contributed by atoms with Crippen molar-refractivity contribution in [2.75, 3.05) is 48.7 Å². The van der Waals surface area contributed by atoms with Gasteiger partial charge in [-0.2, -0.15) is 11.8 Å². The van der Waals surface area contributed by atoms with Gasteiger partial charge in [0.05, 0.1) is 16.4 Å². The number of rotatable bonds is 4. The molecule has 1 aromatic rings. The summed E-state index contributed by atoms with van der Waals surface area (Å²) >= 11 is 8.00. The fourth-order valence-corrected chi connectivity index (χ4v) is 3.02. The van der Waals surface area contributed by atoms with E-state index < -0.39 is 0 Å². The maximum Gasteiger partial charge on any atom is 0.0739 e. The van der Waals surface area contributed by atoms with Gasteiger partial charge in [0, 0.05) is 37.7 Å². The molecule has 1 fully saturated rings. The van der Waals surface area contributed by atoms with E-state index in [4.69, 9.17) is 17.3 Å². The van der Waals surface area contributed by atoms with E-state index in [9.17, 15) is 0 Å². The van der Waals surface area contributed by atoms with Crippen LogP contribution in [-0.4, -0.2) is 42.6 Å². The first-order chi connectivity index (χ1) is 8.27. The zero-order valence-electron chi connectivity index (χ0n) is 9.79. The van der Waals surface area contributed by atoms with Gasteiger partial charge in [-0.3, -0.25) is 4.90 Å². The van der Waals surface area contributed by atoms with Gasteiger partial charge in [-0.1, -0.05) is 17.7 Å². The Morgan fingerprint density at radius 2 is 2.12 bits per heavy atom. The van der Waals surface area contributed by atoms with Gasteiger partial charge in [-0.25, -0.2) is 0 Å². The smallest absolute Gasteiger partial charge is 0.0739 e. The number of hydrogen-bond acceptors (Lipinski definition) is 4. The topological polar surface area (TPSA) is 41.3 Å². The lowest BCUT2D eigenvalue weighted by atomic mass is 10.2. The lowest BCUT2D eigenvalue weighted by molar-refractivity contribution is 0.314. The first-order valence-electron chi connectivity index (χ1n) is 5.85. The lowest BCUT2D eigenvalue weighted by Crippen LogP contribution is -2.36. The second kappa shape index (κ2) is 6.38. The van der Waals surface area contributed by atoms with Gasteiger partial charge in [0.2, 0.25) is 0 Å². The number of nitrogens with one attached hydrogen (secondary N) is 1. The van der Waals surface area contributed by atoms with Crippen LogP contribution in [0.15, 0.2) is 18.2 Å². The van der Waals surface area contributed by atoms with Gasteiger partial charge in [-0.05, 0) is 12.1 Å². The summed E-state index contributed by atoms with van der Waals surface area (Å²) in [4.78, 5) is 2.48. The van der Waals surface area contributed by atoms with Crippen LogP contribution in [0.2, 0.25) is 5.02 Å². The lowest BCUT2D eigenvalue weighted by Gasteiger charge is -2.26. The van der Waals surface area contributed by atoms with Gasteiger partial charge in [0.25, 0.3) is 0 Å². The molecule has 3 N–H and O–H groups in total. The van der Waals surface area contributed by atoms with Crippen molar-refractivity contribution in [1.29, 1.82) is 0 Å². The Balaban J connectivity index is 1.79. The van der Waals surface area contributed by atoms with Crippen LogP contribution in [0.4, 0.5) is 11.4 Å². The quantitative estimate of drug-likeness (QED) is 0.825. The molecule has 94 valence electrons. The first kappa shape index (κ1) is 12.9. The fourth-order valence-electron chi connectivity index (χ4n) is 1.86. The molecule has 0 unspecified atom stereocenters. The number of benzene rings is 1. The number of para-hydroxylation sites is 1. The molecule has 0 radical (unpaired) electrons. The van der Waals surface area contributed by atoms with E-state index in [0.29, 0.717) is 10.7 Å². The highest BCUT2D eigenvalue weighted by molar-refractivity contribution is 7.99. The molecule has 0 spiro atoms. The van der Waals surface area contributed by atoms with Crippen LogP contribution in [0.5, 0.6) is 0 Å². The van der Waals surface area contributed by atoms with Crippen molar-refractivity contribution >= 4 is 34.7 Å². The Kier molecular flexibility index (Phi) is 4.83. The number of thioether (sulfide) groups is 1. The second-order valence-corrected chi connectivity index (χ2v) is 5.71. The second-order valence-electron chi connectivity index (χ2n) is 4.08. The average molecular weight is 272 g/mol. The highest BCUT2D eigenvalue weighted by Gasteiger charge is 2.09. The highest BCUT2D eigenvalue weighted by Crippen LogP contribution is 2.26. The standard InChI is InChI=1S/C12H18ClN3S/c13-10-2-1-3-11(12(10)14)15-4-5-16-6-8-17-9-7-16/h1-3,15H,4-9,14H2. The van der Waals surface area contributed by atoms with E-state index in [2.05, 4.69) is 10.2 Å². The third kappa shape index (κ3) is 3.69. The molecule has 0 bridgehead atoms. The maximum atomic E-state index is 5.96. The Hall–Kier alpha value is -0.580. The van der Waals surface area contributed by atoms with E-state index in [1.54, 1.807) is 0 Å². The third-order valence-electron chi connectivity index (χ3n) is 2.90. The van der Waals surface area contributed by atoms with E-state index in [0.717, 1.165) is 18.8 Å². The summed E-state index contributed by atoms with van der Waals surface area (Å²) in [6.07, 6.45) is 0. The molecule has 1 aliphatic rings. The predicted octanol–water partition coefficient (Wildman–Crippen LogP) is 2.38. The Morgan fingerprint density at radius 3 is 2.88 bits per heavy atom. The summed E-state index contributed by atoms with van der Waals surface area (Å²) in [6.45, 7) is 4.36. The largest absolute Gasteiger partial charge is 0.396 e. The molecule has 0 atom stereocenters. The van der Waals surface area contributed by atoms with Crippen molar-refractivity contribution in [1.82, 2.24) is 4.90 Å². The van der Waals surface area contributed by atoms with E-state index in [-0.39, 0.29) is 0 Å². The summed E-state index contributed by atoms with van der Waals surface area (Å²) in [6, 6.07) is 5.69. The number of hydrogen-bond donors (Lipinski definition) is 2. The van der Waals surface area contributed by atoms with Crippen LogP contribution in [-0.2, 0) is 0 Å². The molecule has 2 rings (SSSR count). The van der Waals surface area contributed by atoms with Gasteiger partial charge < -0.3 is 11.1 Å². The van der Waals surface area contributed by atoms with Crippen molar-refractivity contribution in [3.63, 3.8) is 0 Å². The zero-order valence-corrected chi connectivity index (χ0v) is 11.4. The minimum absolute atomic E-state index is 0.615. The van der Waals surface area contributed by atoms with E-state index in [1.807, 2.05) is 30.0 Å². The maximum absolute atomic E-state index is 5.96. The summed E-state index contributed by atoms with van der Waals surface area (Å²) in [5.41, 5.74) is 7.47. The van der Waals surface area contributed by atoms with Crippen molar-refractivity contribution in [2.24, 2.45) is 0 Å². The van der Waals surface area contributed by atoms with Crippen molar-refractivity contribution in [2.45, 2.75) is 0 Å². The molecule has 1 saturated heterocycles. The predicted molar refractivity (Wildman–Crippen MR) is 78.1 cm³/mol. The number of nitrogens with zero attached hydrogens (tertiary/aromatic N) is 1. The van der Waals surface area contributed by atoms with Gasteiger partial charge in [-0.15, -0.1) is 0 Å². The summed E-state index contributed by atoms with van der Waals surface area (Å²) in [5, 5.41) is 3.96. The molecule has 0 saturated carbocycles. The van der Waals surface area contributed by atoms with Gasteiger partial charge in [0.15, 0.2) is 0 Å². The molecule has 0 aromatic heterocycles. The van der Waals surface area contributed by atoms with Crippen LogP contribution in [0.1, 0.15) is 0 Å². The average Bonchev–Trinajstić information content (AvgIpc) is 2.36. The summed E-state index contributed by atoms with van der Waals surface area (Å²) in [7, 11) is 0. The Bertz CT molecular complexity index is 367. The monoisotopic (exact) mass is 271 g/mol. The zero-order chi connectivity index (χ0) is 12.1. The van der Waals surface area contributed by atoms with Gasteiger partial charge >= 0.3 is 0 Å². The minimum atomic E-state index is 0.615. The molecule has 3 nitrogen and oxygen atoms in total. The molecule has 1 aromatic carbocycles. The highest BCUT2D eigenvalue weighted by atomic mass is 35.5. The fraction of sp³-hybridized carbons (Fsp3) is 0.500. The van der Waals surface area contributed by atoms with Crippen LogP contribution in [0.25, 0.3) is 0 Å². The third-order valence-corrected chi connectivity index (χ3v) is 4.17. The van der Waals surface area contributed by atoms with Crippen molar-refractivity contribution < 1.29 is 0 Å². The first-order valence-corrected chi connectivity index (χ1v) is 7.38. The van der Waals surface area contributed by atoms with Gasteiger partial charge in [0.1, 0.15) is 0 Å². The Morgan fingerprint density at radius 1 is 1.35 bits per heavy atom. The van der Waals surface area contributed by atoms with Crippen molar-refractivity contribution in [3.8, 4) is 0 Å². The molecule has 17 heavy (non-hydrogen) atoms. The number of nitrogens with two attached hydrogens (primary N) is 1. The molecular weight excluding hydrogens is 254 g/mol. The molecular formula is C12H18ClN3S. The van der Waals surface area contributed by atoms with Crippen LogP contribution >= 0.6 is 23.4 Å². The molecule has 0 aliphatic carbocycles. The van der Waals surface area contributed by atoms with Crippen LogP contribution in [0.3, 0.4) is 0 Å². The molecule has 1 aliphatic heterocycles. The molecule has 5 heteroatoms. The summed E-state index contributed by atoms with van der Waals surface area (Å²) < 4.78 is 0. The normalized spacial score (nSPS) is 17.0. The SMILES string of the molecule is Nc1c(Cl)cccc1NCCN1CCSCC1. The number of anilines is 2. The van der Waals surface area contributed by atoms with Crippen LogP contribution < -0.4 is 11.1 Å². The summed E-state index contributed by atoms with van der Waals surface area (Å²) in [5.74, 6) is 2.50. The van der Waals surface area contributed by atoms with E-state index >= 15 is 0 Å². The molecule has 0 amide bonds. The molecule has 1 heterocycles. The van der Waals surface area contributed by atoms with Crippen LogP contribution in [0, 0.1) is 0 Å². The Labute approximate surface area is 112 Å². The van der Waals surface area contributed by atoms with Crippen molar-refractivity contribution in [3.05, 3.63) is 23.2 Å².